The molecule has 0 atom stereocenters. The lowest BCUT2D eigenvalue weighted by atomic mass is 10.2. The van der Waals surface area contributed by atoms with Gasteiger partial charge in [0.2, 0.25) is 5.88 Å². The molecule has 0 saturated carbocycles. The minimum atomic E-state index is 0.508. The second kappa shape index (κ2) is 4.84. The van der Waals surface area contributed by atoms with Crippen molar-refractivity contribution in [1.29, 1.82) is 0 Å². The highest BCUT2D eigenvalue weighted by atomic mass is 16.5. The van der Waals surface area contributed by atoms with Gasteiger partial charge in [0.15, 0.2) is 0 Å². The topological polar surface area (TPSA) is 35.0 Å². The van der Waals surface area contributed by atoms with Gasteiger partial charge < -0.3 is 4.74 Å². The molecule has 3 heteroatoms. The molecule has 0 saturated heterocycles. The first-order valence-electron chi connectivity index (χ1n) is 5.79. The van der Waals surface area contributed by atoms with Gasteiger partial charge in [0.1, 0.15) is 6.61 Å². The number of rotatable bonds is 3. The molecule has 18 heavy (non-hydrogen) atoms. The molecule has 0 spiro atoms. The molecule has 0 fully saturated rings. The molecular weight excluding hydrogens is 224 g/mol. The van der Waals surface area contributed by atoms with Crippen molar-refractivity contribution >= 4 is 10.9 Å². The molecule has 0 unspecified atom stereocenters. The first kappa shape index (κ1) is 10.7. The Hall–Kier alpha value is -2.42. The SMILES string of the molecule is c1ccc2nc(OCc3ccncc3)ccc2c1. The molecule has 0 radical (unpaired) electrons. The van der Waals surface area contributed by atoms with Gasteiger partial charge in [-0.05, 0) is 29.8 Å². The first-order chi connectivity index (χ1) is 8.92. The number of pyridine rings is 2. The van der Waals surface area contributed by atoms with Crippen LogP contribution in [0, 0.1) is 0 Å². The quantitative estimate of drug-likeness (QED) is 0.700. The van der Waals surface area contributed by atoms with Crippen molar-refractivity contribution in [3.63, 3.8) is 0 Å². The molecule has 0 bridgehead atoms. The number of aromatic nitrogens is 2. The Morgan fingerprint density at radius 3 is 2.61 bits per heavy atom. The molecule has 3 aromatic rings. The molecular formula is C15H12N2O. The van der Waals surface area contributed by atoms with E-state index in [2.05, 4.69) is 9.97 Å². The largest absolute Gasteiger partial charge is 0.473 e. The zero-order chi connectivity index (χ0) is 12.2. The fraction of sp³-hybridized carbons (Fsp3) is 0.0667. The molecule has 0 aliphatic heterocycles. The Morgan fingerprint density at radius 1 is 0.889 bits per heavy atom. The van der Waals surface area contributed by atoms with Gasteiger partial charge in [0, 0.05) is 23.8 Å². The normalized spacial score (nSPS) is 10.4. The standard InChI is InChI=1S/C15H12N2O/c1-2-4-14-13(3-1)5-6-15(17-14)18-11-12-7-9-16-10-8-12/h1-10H,11H2. The number of ether oxygens (including phenoxy) is 1. The van der Waals surface area contributed by atoms with E-state index in [4.69, 9.17) is 4.74 Å². The highest BCUT2D eigenvalue weighted by molar-refractivity contribution is 5.78. The number of para-hydroxylation sites is 1. The van der Waals surface area contributed by atoms with E-state index < -0.39 is 0 Å². The molecule has 0 aliphatic rings. The second-order valence-electron chi connectivity index (χ2n) is 3.99. The van der Waals surface area contributed by atoms with Gasteiger partial charge in [0.05, 0.1) is 5.52 Å². The molecule has 0 N–H and O–H groups in total. The fourth-order valence-corrected chi connectivity index (χ4v) is 1.76. The smallest absolute Gasteiger partial charge is 0.214 e. The molecule has 88 valence electrons. The van der Waals surface area contributed by atoms with Crippen molar-refractivity contribution in [2.24, 2.45) is 0 Å². The van der Waals surface area contributed by atoms with Gasteiger partial charge in [-0.3, -0.25) is 4.98 Å². The molecule has 0 amide bonds. The summed E-state index contributed by atoms with van der Waals surface area (Å²) in [6.07, 6.45) is 3.51. The molecule has 3 nitrogen and oxygen atoms in total. The van der Waals surface area contributed by atoms with Crippen molar-refractivity contribution in [3.8, 4) is 5.88 Å². The number of nitrogens with zero attached hydrogens (tertiary/aromatic N) is 2. The summed E-state index contributed by atoms with van der Waals surface area (Å²) < 4.78 is 5.66. The van der Waals surface area contributed by atoms with E-state index in [1.165, 1.54) is 0 Å². The third kappa shape index (κ3) is 2.30. The van der Waals surface area contributed by atoms with E-state index in [0.29, 0.717) is 12.5 Å². The summed E-state index contributed by atoms with van der Waals surface area (Å²) in [6, 6.07) is 15.8. The van der Waals surface area contributed by atoms with E-state index in [1.807, 2.05) is 48.5 Å². The van der Waals surface area contributed by atoms with E-state index in [9.17, 15) is 0 Å². The number of benzene rings is 1. The number of fused-ring (bicyclic) bond motifs is 1. The van der Waals surface area contributed by atoms with Crippen LogP contribution in [0.25, 0.3) is 10.9 Å². The van der Waals surface area contributed by atoms with Crippen molar-refractivity contribution in [3.05, 3.63) is 66.5 Å². The van der Waals surface area contributed by atoms with Crippen LogP contribution in [0.3, 0.4) is 0 Å². The van der Waals surface area contributed by atoms with Crippen LogP contribution >= 0.6 is 0 Å². The predicted molar refractivity (Wildman–Crippen MR) is 70.3 cm³/mol. The minimum Gasteiger partial charge on any atom is -0.473 e. The van der Waals surface area contributed by atoms with Crippen molar-refractivity contribution in [2.45, 2.75) is 6.61 Å². The lowest BCUT2D eigenvalue weighted by Crippen LogP contribution is -1.97. The second-order valence-corrected chi connectivity index (χ2v) is 3.99. The highest BCUT2D eigenvalue weighted by Gasteiger charge is 1.99. The summed E-state index contributed by atoms with van der Waals surface area (Å²) in [4.78, 5) is 8.42. The molecule has 3 rings (SSSR count). The zero-order valence-corrected chi connectivity index (χ0v) is 9.78. The monoisotopic (exact) mass is 236 g/mol. The molecule has 2 heterocycles. The van der Waals surface area contributed by atoms with Gasteiger partial charge in [-0.2, -0.15) is 0 Å². The summed E-state index contributed by atoms with van der Waals surface area (Å²) in [6.45, 7) is 0.508. The first-order valence-corrected chi connectivity index (χ1v) is 5.79. The van der Waals surface area contributed by atoms with Crippen molar-refractivity contribution in [1.82, 2.24) is 9.97 Å². The Morgan fingerprint density at radius 2 is 1.72 bits per heavy atom. The Bertz CT molecular complexity index is 653. The van der Waals surface area contributed by atoms with Crippen molar-refractivity contribution in [2.75, 3.05) is 0 Å². The van der Waals surface area contributed by atoms with Gasteiger partial charge >= 0.3 is 0 Å². The lowest BCUT2D eigenvalue weighted by molar-refractivity contribution is 0.295. The Kier molecular flexibility index (Phi) is 2.88. The van der Waals surface area contributed by atoms with Gasteiger partial charge in [-0.15, -0.1) is 0 Å². The van der Waals surface area contributed by atoms with Crippen LogP contribution < -0.4 is 4.74 Å². The summed E-state index contributed by atoms with van der Waals surface area (Å²) in [5.74, 6) is 0.644. The van der Waals surface area contributed by atoms with Crippen LogP contribution in [0.2, 0.25) is 0 Å². The van der Waals surface area contributed by atoms with E-state index >= 15 is 0 Å². The Labute approximate surface area is 105 Å². The maximum absolute atomic E-state index is 5.66. The summed E-state index contributed by atoms with van der Waals surface area (Å²) in [5, 5.41) is 1.12. The third-order valence-electron chi connectivity index (χ3n) is 2.71. The van der Waals surface area contributed by atoms with Crippen LogP contribution in [0.15, 0.2) is 60.9 Å². The van der Waals surface area contributed by atoms with Gasteiger partial charge in [-0.1, -0.05) is 18.2 Å². The predicted octanol–water partition coefficient (Wildman–Crippen LogP) is 3.21. The maximum Gasteiger partial charge on any atom is 0.214 e. The maximum atomic E-state index is 5.66. The summed E-state index contributed by atoms with van der Waals surface area (Å²) >= 11 is 0. The third-order valence-corrected chi connectivity index (χ3v) is 2.71. The van der Waals surface area contributed by atoms with Crippen LogP contribution in [0.4, 0.5) is 0 Å². The van der Waals surface area contributed by atoms with E-state index in [1.54, 1.807) is 12.4 Å². The van der Waals surface area contributed by atoms with E-state index in [-0.39, 0.29) is 0 Å². The van der Waals surface area contributed by atoms with Crippen LogP contribution in [-0.2, 0) is 6.61 Å². The highest BCUT2D eigenvalue weighted by Crippen LogP contribution is 2.16. The van der Waals surface area contributed by atoms with Crippen molar-refractivity contribution < 1.29 is 4.74 Å². The van der Waals surface area contributed by atoms with E-state index in [0.717, 1.165) is 16.5 Å². The van der Waals surface area contributed by atoms with Gasteiger partial charge in [-0.25, -0.2) is 4.98 Å². The lowest BCUT2D eigenvalue weighted by Gasteiger charge is -2.06. The summed E-state index contributed by atoms with van der Waals surface area (Å²) in [7, 11) is 0. The number of hydrogen-bond acceptors (Lipinski definition) is 3. The van der Waals surface area contributed by atoms with Crippen LogP contribution in [0.5, 0.6) is 5.88 Å². The minimum absolute atomic E-state index is 0.508. The van der Waals surface area contributed by atoms with Crippen LogP contribution in [0.1, 0.15) is 5.56 Å². The molecule has 0 aliphatic carbocycles. The average Bonchev–Trinajstić information content (AvgIpc) is 2.46. The fourth-order valence-electron chi connectivity index (χ4n) is 1.76. The summed E-state index contributed by atoms with van der Waals surface area (Å²) in [5.41, 5.74) is 2.03. The molecule has 1 aromatic carbocycles. The zero-order valence-electron chi connectivity index (χ0n) is 9.78. The van der Waals surface area contributed by atoms with Gasteiger partial charge in [0.25, 0.3) is 0 Å². The van der Waals surface area contributed by atoms with Crippen LogP contribution in [-0.4, -0.2) is 9.97 Å². The Balaban J connectivity index is 1.79. The average molecular weight is 236 g/mol. The molecule has 2 aromatic heterocycles. The number of hydrogen-bond donors (Lipinski definition) is 0.